The first kappa shape index (κ1) is 16.8. The number of nitrogens with zero attached hydrogens (tertiary/aromatic N) is 1. The summed E-state index contributed by atoms with van der Waals surface area (Å²) in [5.41, 5.74) is 0.464. The number of nitrogens with one attached hydrogen (secondary N) is 1. The predicted octanol–water partition coefficient (Wildman–Crippen LogP) is 5.55. The van der Waals surface area contributed by atoms with Gasteiger partial charge in [0, 0.05) is 16.9 Å². The fraction of sp³-hybridized carbons (Fsp3) is 0.222. The summed E-state index contributed by atoms with van der Waals surface area (Å²) in [4.78, 5) is 16.6. The van der Waals surface area contributed by atoms with Crippen LogP contribution < -0.4 is 5.32 Å². The monoisotopic (exact) mass is 378 g/mol. The molecule has 0 spiro atoms. The summed E-state index contributed by atoms with van der Waals surface area (Å²) >= 11 is 1.34. The number of anilines is 1. The minimum absolute atomic E-state index is 0.0144. The Labute approximate surface area is 150 Å². The molecule has 1 fully saturated rings. The van der Waals surface area contributed by atoms with Crippen LogP contribution in [-0.4, -0.2) is 10.9 Å². The number of furan rings is 1. The Morgan fingerprint density at radius 1 is 1.23 bits per heavy atom. The SMILES string of the molecule is O=C(Nc1nc(C2CC2)cs1)c1ccc(-c2cccc(C(F)(F)F)c2)o1. The Morgan fingerprint density at radius 2 is 2.04 bits per heavy atom. The van der Waals surface area contributed by atoms with E-state index >= 15 is 0 Å². The van der Waals surface area contributed by atoms with Gasteiger partial charge in [0.05, 0.1) is 11.3 Å². The van der Waals surface area contributed by atoms with Gasteiger partial charge in [-0.05, 0) is 37.1 Å². The van der Waals surface area contributed by atoms with Crippen LogP contribution in [0.3, 0.4) is 0 Å². The van der Waals surface area contributed by atoms with Crippen LogP contribution in [0.5, 0.6) is 0 Å². The van der Waals surface area contributed by atoms with E-state index in [1.165, 1.54) is 35.6 Å². The molecule has 1 aromatic carbocycles. The highest BCUT2D eigenvalue weighted by atomic mass is 32.1. The minimum atomic E-state index is -4.44. The number of hydrogen-bond donors (Lipinski definition) is 1. The van der Waals surface area contributed by atoms with Crippen molar-refractivity contribution in [2.24, 2.45) is 0 Å². The van der Waals surface area contributed by atoms with E-state index in [0.717, 1.165) is 30.7 Å². The molecule has 0 radical (unpaired) electrons. The number of aromatic nitrogens is 1. The highest BCUT2D eigenvalue weighted by Gasteiger charge is 2.31. The molecule has 134 valence electrons. The number of thiazole rings is 1. The lowest BCUT2D eigenvalue weighted by Gasteiger charge is -2.07. The van der Waals surface area contributed by atoms with E-state index in [9.17, 15) is 18.0 Å². The Morgan fingerprint density at radius 3 is 2.77 bits per heavy atom. The van der Waals surface area contributed by atoms with Gasteiger partial charge in [-0.25, -0.2) is 4.98 Å². The second kappa shape index (κ2) is 6.28. The lowest BCUT2D eigenvalue weighted by molar-refractivity contribution is -0.137. The molecule has 0 atom stereocenters. The average molecular weight is 378 g/mol. The fourth-order valence-electron chi connectivity index (χ4n) is 2.53. The third-order valence-corrected chi connectivity index (χ3v) is 4.82. The highest BCUT2D eigenvalue weighted by molar-refractivity contribution is 7.14. The molecule has 1 amide bonds. The highest BCUT2D eigenvalue weighted by Crippen LogP contribution is 2.41. The Balaban J connectivity index is 1.51. The molecule has 2 aromatic heterocycles. The molecule has 2 heterocycles. The van der Waals surface area contributed by atoms with Crippen LogP contribution in [0.4, 0.5) is 18.3 Å². The number of rotatable bonds is 4. The van der Waals surface area contributed by atoms with E-state index in [4.69, 9.17) is 4.42 Å². The van der Waals surface area contributed by atoms with Crippen LogP contribution in [-0.2, 0) is 6.18 Å². The molecule has 4 rings (SSSR count). The van der Waals surface area contributed by atoms with Gasteiger partial charge in [-0.3, -0.25) is 10.1 Å². The summed E-state index contributed by atoms with van der Waals surface area (Å²) in [6.07, 6.45) is -2.20. The third-order valence-electron chi connectivity index (χ3n) is 4.04. The summed E-state index contributed by atoms with van der Waals surface area (Å²) in [6.45, 7) is 0. The lowest BCUT2D eigenvalue weighted by atomic mass is 10.1. The van der Waals surface area contributed by atoms with E-state index in [-0.39, 0.29) is 17.1 Å². The van der Waals surface area contributed by atoms with Crippen molar-refractivity contribution >= 4 is 22.4 Å². The summed E-state index contributed by atoms with van der Waals surface area (Å²) in [5, 5.41) is 5.06. The largest absolute Gasteiger partial charge is 0.451 e. The molecule has 1 saturated carbocycles. The van der Waals surface area contributed by atoms with Gasteiger partial charge >= 0.3 is 6.18 Å². The molecule has 0 unspecified atom stereocenters. The first-order valence-corrected chi connectivity index (χ1v) is 8.82. The minimum Gasteiger partial charge on any atom is -0.451 e. The third kappa shape index (κ3) is 3.50. The topological polar surface area (TPSA) is 55.1 Å². The molecular formula is C18H13F3N2O2S. The molecule has 0 bridgehead atoms. The van der Waals surface area contributed by atoms with Gasteiger partial charge in [0.1, 0.15) is 5.76 Å². The van der Waals surface area contributed by atoms with Gasteiger partial charge in [0.2, 0.25) is 0 Å². The predicted molar refractivity (Wildman–Crippen MR) is 91.2 cm³/mol. The van der Waals surface area contributed by atoms with Gasteiger partial charge in [-0.2, -0.15) is 13.2 Å². The van der Waals surface area contributed by atoms with Crippen LogP contribution in [0.15, 0.2) is 46.2 Å². The van der Waals surface area contributed by atoms with E-state index in [1.807, 2.05) is 5.38 Å². The Bertz CT molecular complexity index is 957. The molecular weight excluding hydrogens is 365 g/mol. The van der Waals surface area contributed by atoms with Gasteiger partial charge in [0.25, 0.3) is 5.91 Å². The zero-order valence-electron chi connectivity index (χ0n) is 13.3. The maximum atomic E-state index is 12.8. The fourth-order valence-corrected chi connectivity index (χ4v) is 3.32. The zero-order chi connectivity index (χ0) is 18.3. The van der Waals surface area contributed by atoms with Crippen LogP contribution in [0, 0.1) is 0 Å². The normalized spacial score (nSPS) is 14.4. The smallest absolute Gasteiger partial charge is 0.416 e. The average Bonchev–Trinajstić information content (AvgIpc) is 3.15. The number of carbonyl (C=O) groups is 1. The summed E-state index contributed by atoms with van der Waals surface area (Å²) in [6, 6.07) is 7.68. The van der Waals surface area contributed by atoms with Crippen LogP contribution in [0.25, 0.3) is 11.3 Å². The molecule has 8 heteroatoms. The number of halogens is 3. The summed E-state index contributed by atoms with van der Waals surface area (Å²) in [7, 11) is 0. The van der Waals surface area contributed by atoms with Crippen molar-refractivity contribution in [2.45, 2.75) is 24.9 Å². The summed E-state index contributed by atoms with van der Waals surface area (Å²) in [5.74, 6) is 0.215. The maximum absolute atomic E-state index is 12.8. The summed E-state index contributed by atoms with van der Waals surface area (Å²) < 4.78 is 43.9. The van der Waals surface area contributed by atoms with Crippen molar-refractivity contribution in [1.29, 1.82) is 0 Å². The molecule has 0 saturated heterocycles. The number of amides is 1. The Hall–Kier alpha value is -2.61. The molecule has 1 N–H and O–H groups in total. The van der Waals surface area contributed by atoms with E-state index in [0.29, 0.717) is 11.0 Å². The van der Waals surface area contributed by atoms with Crippen LogP contribution in [0.1, 0.15) is 40.6 Å². The zero-order valence-corrected chi connectivity index (χ0v) is 14.2. The van der Waals surface area contributed by atoms with Crippen molar-refractivity contribution in [3.63, 3.8) is 0 Å². The van der Waals surface area contributed by atoms with E-state index in [1.54, 1.807) is 0 Å². The first-order valence-electron chi connectivity index (χ1n) is 7.94. The van der Waals surface area contributed by atoms with Gasteiger partial charge in [-0.15, -0.1) is 11.3 Å². The van der Waals surface area contributed by atoms with E-state index < -0.39 is 17.6 Å². The quantitative estimate of drug-likeness (QED) is 0.647. The van der Waals surface area contributed by atoms with Gasteiger partial charge < -0.3 is 4.42 Å². The lowest BCUT2D eigenvalue weighted by Crippen LogP contribution is -2.10. The van der Waals surface area contributed by atoms with Crippen molar-refractivity contribution in [3.05, 3.63) is 58.8 Å². The van der Waals surface area contributed by atoms with Gasteiger partial charge in [-0.1, -0.05) is 12.1 Å². The van der Waals surface area contributed by atoms with Crippen molar-refractivity contribution in [2.75, 3.05) is 5.32 Å². The number of benzene rings is 1. The van der Waals surface area contributed by atoms with Crippen molar-refractivity contribution in [3.8, 4) is 11.3 Å². The number of hydrogen-bond acceptors (Lipinski definition) is 4. The van der Waals surface area contributed by atoms with Gasteiger partial charge in [0.15, 0.2) is 10.9 Å². The van der Waals surface area contributed by atoms with E-state index in [2.05, 4.69) is 10.3 Å². The number of carbonyl (C=O) groups excluding carboxylic acids is 1. The van der Waals surface area contributed by atoms with Crippen molar-refractivity contribution < 1.29 is 22.4 Å². The molecule has 26 heavy (non-hydrogen) atoms. The second-order valence-electron chi connectivity index (χ2n) is 6.05. The number of alkyl halides is 3. The molecule has 0 aliphatic heterocycles. The van der Waals surface area contributed by atoms with Crippen LogP contribution >= 0.6 is 11.3 Å². The van der Waals surface area contributed by atoms with Crippen molar-refractivity contribution in [1.82, 2.24) is 4.98 Å². The Kier molecular flexibility index (Phi) is 4.07. The molecule has 3 aromatic rings. The first-order chi connectivity index (χ1) is 12.4. The maximum Gasteiger partial charge on any atom is 0.416 e. The molecule has 4 nitrogen and oxygen atoms in total. The standard InChI is InChI=1S/C18H13F3N2O2S/c19-18(20,21)12-3-1-2-11(8-12)14-6-7-15(25-14)16(24)23-17-22-13(9-26-17)10-4-5-10/h1-3,6-10H,4-5H2,(H,22,23,24). The molecule has 1 aliphatic rings. The van der Waals surface area contributed by atoms with Crippen LogP contribution in [0.2, 0.25) is 0 Å². The molecule has 1 aliphatic carbocycles. The second-order valence-corrected chi connectivity index (χ2v) is 6.91.